The van der Waals surface area contributed by atoms with Crippen LogP contribution in [-0.4, -0.2) is 9.55 Å². The van der Waals surface area contributed by atoms with Gasteiger partial charge in [-0.2, -0.15) is 0 Å². The maximum Gasteiger partial charge on any atom is 0.328 e. The summed E-state index contributed by atoms with van der Waals surface area (Å²) in [5, 5.41) is 2.85. The Morgan fingerprint density at radius 3 is 2.48 bits per heavy atom. The molecule has 5 nitrogen and oxygen atoms in total. The Balaban J connectivity index is 1.73. The molecule has 0 bridgehead atoms. The van der Waals surface area contributed by atoms with E-state index in [1.54, 1.807) is 6.92 Å². The first-order valence-corrected chi connectivity index (χ1v) is 7.45. The van der Waals surface area contributed by atoms with Crippen molar-refractivity contribution < 1.29 is 8.78 Å². The van der Waals surface area contributed by atoms with E-state index >= 15 is 0 Å². The molecular formula is C16H17F2N3O2. The van der Waals surface area contributed by atoms with Crippen LogP contribution in [0.2, 0.25) is 0 Å². The second-order valence-electron chi connectivity index (χ2n) is 5.86. The van der Waals surface area contributed by atoms with Crippen LogP contribution in [0.3, 0.4) is 0 Å². The molecule has 1 heterocycles. The van der Waals surface area contributed by atoms with Gasteiger partial charge in [-0.15, -0.1) is 0 Å². The minimum Gasteiger partial charge on any atom is -0.308 e. The number of H-pyrrole nitrogens is 1. The van der Waals surface area contributed by atoms with Gasteiger partial charge in [0.05, 0.1) is 0 Å². The number of nitrogens with one attached hydrogen (secondary N) is 2. The lowest BCUT2D eigenvalue weighted by atomic mass is 10.1. The summed E-state index contributed by atoms with van der Waals surface area (Å²) < 4.78 is 29.0. The fourth-order valence-corrected chi connectivity index (χ4v) is 2.50. The van der Waals surface area contributed by atoms with E-state index in [1.807, 2.05) is 0 Å². The number of benzene rings is 1. The lowest BCUT2D eigenvalue weighted by Crippen LogP contribution is -2.33. The minimum absolute atomic E-state index is 0.0417. The van der Waals surface area contributed by atoms with Gasteiger partial charge >= 0.3 is 5.69 Å². The molecule has 0 aliphatic heterocycles. The van der Waals surface area contributed by atoms with Gasteiger partial charge in [-0.25, -0.2) is 13.6 Å². The largest absolute Gasteiger partial charge is 0.328 e. The number of hydrogen-bond donors (Lipinski definition) is 2. The van der Waals surface area contributed by atoms with E-state index in [0.717, 1.165) is 12.8 Å². The van der Waals surface area contributed by atoms with Crippen LogP contribution in [0.15, 0.2) is 27.9 Å². The standard InChI is InChI=1S/C16H17F2N3O2/c1-9-4-13(17)12(14(18)5-9)7-19-6-10-8-21(11-2-3-11)16(23)20-15(10)22/h4-5,8,11,19H,2-3,6-7H2,1H3,(H,20,22,23). The van der Waals surface area contributed by atoms with E-state index in [4.69, 9.17) is 0 Å². The van der Waals surface area contributed by atoms with Crippen molar-refractivity contribution in [2.75, 3.05) is 0 Å². The van der Waals surface area contributed by atoms with Gasteiger partial charge < -0.3 is 5.32 Å². The number of rotatable bonds is 5. The molecule has 1 fully saturated rings. The second kappa shape index (κ2) is 6.08. The summed E-state index contributed by atoms with van der Waals surface area (Å²) in [6, 6.07) is 2.67. The SMILES string of the molecule is Cc1cc(F)c(CNCc2cn(C3CC3)c(=O)[nH]c2=O)c(F)c1. The fraction of sp³-hybridized carbons (Fsp3) is 0.375. The molecule has 0 unspecified atom stereocenters. The highest BCUT2D eigenvalue weighted by Gasteiger charge is 2.25. The van der Waals surface area contributed by atoms with Crippen LogP contribution in [0.25, 0.3) is 0 Å². The quantitative estimate of drug-likeness (QED) is 0.882. The van der Waals surface area contributed by atoms with E-state index in [-0.39, 0.29) is 24.7 Å². The summed E-state index contributed by atoms with van der Waals surface area (Å²) in [5.74, 6) is -1.24. The molecule has 1 aliphatic carbocycles. The third-order valence-electron chi connectivity index (χ3n) is 3.88. The summed E-state index contributed by atoms with van der Waals surface area (Å²) in [5.41, 5.74) is -0.0928. The van der Waals surface area contributed by atoms with Gasteiger partial charge in [0, 0.05) is 36.5 Å². The minimum atomic E-state index is -0.619. The number of aryl methyl sites for hydroxylation is 1. The van der Waals surface area contributed by atoms with Crippen molar-refractivity contribution in [2.45, 2.75) is 38.9 Å². The fourth-order valence-electron chi connectivity index (χ4n) is 2.50. The third kappa shape index (κ3) is 3.39. The van der Waals surface area contributed by atoms with Crippen LogP contribution in [0.5, 0.6) is 0 Å². The molecule has 122 valence electrons. The maximum atomic E-state index is 13.8. The molecule has 2 N–H and O–H groups in total. The summed E-state index contributed by atoms with van der Waals surface area (Å²) in [7, 11) is 0. The molecule has 1 aromatic carbocycles. The predicted octanol–water partition coefficient (Wildman–Crippen LogP) is 1.75. The average Bonchev–Trinajstić information content (AvgIpc) is 3.28. The lowest BCUT2D eigenvalue weighted by Gasteiger charge is -2.09. The molecule has 1 aliphatic rings. The zero-order chi connectivity index (χ0) is 16.6. The van der Waals surface area contributed by atoms with Crippen LogP contribution in [0, 0.1) is 18.6 Å². The molecule has 1 saturated carbocycles. The number of hydrogen-bond acceptors (Lipinski definition) is 3. The van der Waals surface area contributed by atoms with Gasteiger partial charge in [0.25, 0.3) is 5.56 Å². The van der Waals surface area contributed by atoms with Gasteiger partial charge in [-0.1, -0.05) is 0 Å². The summed E-state index contributed by atoms with van der Waals surface area (Å²) in [6.07, 6.45) is 3.35. The van der Waals surface area contributed by atoms with Gasteiger partial charge in [0.2, 0.25) is 0 Å². The van der Waals surface area contributed by atoms with Crippen molar-refractivity contribution in [3.63, 3.8) is 0 Å². The normalized spacial score (nSPS) is 14.2. The monoisotopic (exact) mass is 321 g/mol. The zero-order valence-electron chi connectivity index (χ0n) is 12.7. The van der Waals surface area contributed by atoms with Gasteiger partial charge in [-0.3, -0.25) is 14.3 Å². The van der Waals surface area contributed by atoms with Gasteiger partial charge in [0.15, 0.2) is 0 Å². The molecule has 1 aromatic heterocycles. The van der Waals surface area contributed by atoms with Crippen LogP contribution in [0.4, 0.5) is 8.78 Å². The van der Waals surface area contributed by atoms with E-state index < -0.39 is 22.9 Å². The van der Waals surface area contributed by atoms with Crippen molar-refractivity contribution in [2.24, 2.45) is 0 Å². The number of nitrogens with zero attached hydrogens (tertiary/aromatic N) is 1. The first-order chi connectivity index (χ1) is 11.0. The Labute approximate surface area is 131 Å². The van der Waals surface area contributed by atoms with Crippen LogP contribution in [0.1, 0.15) is 35.6 Å². The highest BCUT2D eigenvalue weighted by Crippen LogP contribution is 2.32. The average molecular weight is 321 g/mol. The Morgan fingerprint density at radius 1 is 1.22 bits per heavy atom. The van der Waals surface area contributed by atoms with Gasteiger partial charge in [-0.05, 0) is 37.5 Å². The molecule has 23 heavy (non-hydrogen) atoms. The number of halogens is 2. The molecule has 2 aromatic rings. The van der Waals surface area contributed by atoms with Crippen molar-refractivity contribution in [3.8, 4) is 0 Å². The first kappa shape index (κ1) is 15.6. The molecule has 0 saturated heterocycles. The predicted molar refractivity (Wildman–Crippen MR) is 81.2 cm³/mol. The highest BCUT2D eigenvalue weighted by molar-refractivity contribution is 5.25. The molecule has 0 atom stereocenters. The molecule has 0 amide bonds. The zero-order valence-corrected chi connectivity index (χ0v) is 12.7. The van der Waals surface area contributed by atoms with Crippen LogP contribution >= 0.6 is 0 Å². The Kier molecular flexibility index (Phi) is 4.12. The highest BCUT2D eigenvalue weighted by atomic mass is 19.1. The Bertz CT molecular complexity index is 830. The third-order valence-corrected chi connectivity index (χ3v) is 3.88. The smallest absolute Gasteiger partial charge is 0.308 e. The van der Waals surface area contributed by atoms with E-state index in [9.17, 15) is 18.4 Å². The van der Waals surface area contributed by atoms with E-state index in [0.29, 0.717) is 11.1 Å². The molecule has 7 heteroatoms. The Hall–Kier alpha value is -2.28. The van der Waals surface area contributed by atoms with Crippen molar-refractivity contribution >= 4 is 0 Å². The number of aromatic amines is 1. The lowest BCUT2D eigenvalue weighted by molar-refractivity contribution is 0.532. The Morgan fingerprint density at radius 2 is 1.87 bits per heavy atom. The molecular weight excluding hydrogens is 304 g/mol. The van der Waals surface area contributed by atoms with Crippen LogP contribution < -0.4 is 16.6 Å². The molecule has 3 rings (SSSR count). The van der Waals surface area contributed by atoms with Crippen LogP contribution in [-0.2, 0) is 13.1 Å². The van der Waals surface area contributed by atoms with E-state index in [1.165, 1.54) is 22.9 Å². The second-order valence-corrected chi connectivity index (χ2v) is 5.86. The van der Waals surface area contributed by atoms with Crippen molar-refractivity contribution in [1.82, 2.24) is 14.9 Å². The maximum absolute atomic E-state index is 13.8. The van der Waals surface area contributed by atoms with Crippen molar-refractivity contribution in [3.05, 3.63) is 67.5 Å². The van der Waals surface area contributed by atoms with Crippen molar-refractivity contribution in [1.29, 1.82) is 0 Å². The summed E-state index contributed by atoms with van der Waals surface area (Å²) in [4.78, 5) is 25.7. The molecule has 0 radical (unpaired) electrons. The summed E-state index contributed by atoms with van der Waals surface area (Å²) in [6.45, 7) is 1.69. The van der Waals surface area contributed by atoms with E-state index in [2.05, 4.69) is 10.3 Å². The molecule has 0 spiro atoms. The number of aromatic nitrogens is 2. The summed E-state index contributed by atoms with van der Waals surface area (Å²) >= 11 is 0. The van der Waals surface area contributed by atoms with Gasteiger partial charge in [0.1, 0.15) is 11.6 Å². The topological polar surface area (TPSA) is 66.9 Å². The first-order valence-electron chi connectivity index (χ1n) is 7.45.